The minimum atomic E-state index is 0.0187. The van der Waals surface area contributed by atoms with Crippen LogP contribution in [0, 0.1) is 5.92 Å². The van der Waals surface area contributed by atoms with E-state index in [2.05, 4.69) is 12.2 Å². The van der Waals surface area contributed by atoms with E-state index in [0.717, 1.165) is 19.4 Å². The van der Waals surface area contributed by atoms with Crippen molar-refractivity contribution in [2.45, 2.75) is 51.5 Å². The number of carbonyl (C=O) groups is 2. The van der Waals surface area contributed by atoms with E-state index in [1.165, 1.54) is 17.7 Å². The van der Waals surface area contributed by atoms with E-state index in [-0.39, 0.29) is 11.8 Å². The number of nitrogens with one attached hydrogen (secondary N) is 1. The molecule has 4 heteroatoms. The summed E-state index contributed by atoms with van der Waals surface area (Å²) in [5.74, 6) is 0.708. The van der Waals surface area contributed by atoms with Crippen molar-refractivity contribution in [3.63, 3.8) is 0 Å². The highest BCUT2D eigenvalue weighted by Crippen LogP contribution is 2.33. The van der Waals surface area contributed by atoms with Crippen molar-refractivity contribution < 1.29 is 9.59 Å². The number of carbonyl (C=O) groups excluding carboxylic acids is 2. The van der Waals surface area contributed by atoms with Gasteiger partial charge in [-0.05, 0) is 38.1 Å². The Kier molecular flexibility index (Phi) is 4.15. The number of nitrogens with zero attached hydrogens (tertiary/aromatic N) is 1. The number of piperidine rings is 1. The molecule has 1 aliphatic carbocycles. The molecule has 0 radical (unpaired) electrons. The first-order chi connectivity index (χ1) is 8.22. The molecule has 1 atom stereocenters. The number of rotatable bonds is 6. The molecule has 2 fully saturated rings. The summed E-state index contributed by atoms with van der Waals surface area (Å²) in [7, 11) is 0. The van der Waals surface area contributed by atoms with Gasteiger partial charge in [0.15, 0.2) is 0 Å². The first kappa shape index (κ1) is 12.6. The van der Waals surface area contributed by atoms with Crippen LogP contribution in [0.5, 0.6) is 0 Å². The van der Waals surface area contributed by atoms with Gasteiger partial charge in [0.25, 0.3) is 0 Å². The maximum Gasteiger partial charge on any atom is 0.229 e. The Bertz CT molecular complexity index is 284. The molecule has 1 N–H and O–H groups in total. The molecule has 0 bridgehead atoms. The van der Waals surface area contributed by atoms with Crippen LogP contribution in [0.15, 0.2) is 0 Å². The Morgan fingerprint density at radius 3 is 2.47 bits per heavy atom. The van der Waals surface area contributed by atoms with Crippen LogP contribution in [0.4, 0.5) is 0 Å². The molecule has 0 aromatic rings. The Hall–Kier alpha value is -0.900. The maximum atomic E-state index is 11.7. The molecule has 2 aliphatic rings. The first-order valence-electron chi connectivity index (χ1n) is 6.79. The summed E-state index contributed by atoms with van der Waals surface area (Å²) in [5.41, 5.74) is 0. The van der Waals surface area contributed by atoms with Crippen molar-refractivity contribution in [1.82, 2.24) is 10.2 Å². The number of amides is 2. The SMILES string of the molecule is CCCNC(CN1C(=O)CCCC1=O)C1CC1. The van der Waals surface area contributed by atoms with Crippen LogP contribution < -0.4 is 5.32 Å². The van der Waals surface area contributed by atoms with Gasteiger partial charge >= 0.3 is 0 Å². The zero-order valence-corrected chi connectivity index (χ0v) is 10.6. The zero-order valence-electron chi connectivity index (χ0n) is 10.6. The Labute approximate surface area is 103 Å². The summed E-state index contributed by atoms with van der Waals surface area (Å²) in [5, 5.41) is 3.47. The smallest absolute Gasteiger partial charge is 0.229 e. The summed E-state index contributed by atoms with van der Waals surface area (Å²) in [6.07, 6.45) is 5.36. The minimum Gasteiger partial charge on any atom is -0.312 e. The molecule has 2 amide bonds. The lowest BCUT2D eigenvalue weighted by atomic mass is 10.1. The highest BCUT2D eigenvalue weighted by molar-refractivity contribution is 5.97. The minimum absolute atomic E-state index is 0.0187. The van der Waals surface area contributed by atoms with E-state index in [0.29, 0.717) is 31.3 Å². The average Bonchev–Trinajstić information content (AvgIpc) is 3.12. The van der Waals surface area contributed by atoms with Crippen LogP contribution in [-0.2, 0) is 9.59 Å². The molecule has 0 aromatic heterocycles. The normalized spacial score (nSPS) is 23.0. The second-order valence-corrected chi connectivity index (χ2v) is 5.15. The van der Waals surface area contributed by atoms with Gasteiger partial charge in [-0.2, -0.15) is 0 Å². The van der Waals surface area contributed by atoms with E-state index in [1.54, 1.807) is 0 Å². The van der Waals surface area contributed by atoms with Crippen LogP contribution >= 0.6 is 0 Å². The predicted molar refractivity (Wildman–Crippen MR) is 65.4 cm³/mol. The topological polar surface area (TPSA) is 49.4 Å². The molecule has 0 aromatic carbocycles. The second kappa shape index (κ2) is 5.63. The molecule has 1 saturated heterocycles. The lowest BCUT2D eigenvalue weighted by molar-refractivity contribution is -0.148. The van der Waals surface area contributed by atoms with Crippen molar-refractivity contribution in [1.29, 1.82) is 0 Å². The molecule has 1 heterocycles. The largest absolute Gasteiger partial charge is 0.312 e. The van der Waals surface area contributed by atoms with E-state index in [9.17, 15) is 9.59 Å². The second-order valence-electron chi connectivity index (χ2n) is 5.15. The summed E-state index contributed by atoms with van der Waals surface area (Å²) >= 11 is 0. The third kappa shape index (κ3) is 3.28. The van der Waals surface area contributed by atoms with Gasteiger partial charge in [-0.3, -0.25) is 14.5 Å². The quantitative estimate of drug-likeness (QED) is 0.710. The van der Waals surface area contributed by atoms with Crippen molar-refractivity contribution in [2.24, 2.45) is 5.92 Å². The lowest BCUT2D eigenvalue weighted by Gasteiger charge is -2.29. The molecule has 17 heavy (non-hydrogen) atoms. The molecular formula is C13H22N2O2. The van der Waals surface area contributed by atoms with E-state index in [4.69, 9.17) is 0 Å². The van der Waals surface area contributed by atoms with E-state index in [1.807, 2.05) is 0 Å². The maximum absolute atomic E-state index is 11.7. The molecule has 0 spiro atoms. The predicted octanol–water partition coefficient (Wildman–Crippen LogP) is 1.30. The van der Waals surface area contributed by atoms with Gasteiger partial charge in [-0.1, -0.05) is 6.92 Å². The number of hydrogen-bond acceptors (Lipinski definition) is 3. The third-order valence-corrected chi connectivity index (χ3v) is 3.61. The van der Waals surface area contributed by atoms with Crippen LogP contribution in [-0.4, -0.2) is 35.8 Å². The molecule has 4 nitrogen and oxygen atoms in total. The van der Waals surface area contributed by atoms with Crippen molar-refractivity contribution in [2.75, 3.05) is 13.1 Å². The van der Waals surface area contributed by atoms with Gasteiger partial charge < -0.3 is 5.32 Å². The molecular weight excluding hydrogens is 216 g/mol. The monoisotopic (exact) mass is 238 g/mol. The fraction of sp³-hybridized carbons (Fsp3) is 0.846. The van der Waals surface area contributed by atoms with Crippen molar-refractivity contribution in [3.05, 3.63) is 0 Å². The van der Waals surface area contributed by atoms with E-state index < -0.39 is 0 Å². The highest BCUT2D eigenvalue weighted by atomic mass is 16.2. The van der Waals surface area contributed by atoms with E-state index >= 15 is 0 Å². The van der Waals surface area contributed by atoms with Gasteiger partial charge in [-0.15, -0.1) is 0 Å². The Balaban J connectivity index is 1.91. The molecule has 2 rings (SSSR count). The Morgan fingerprint density at radius 1 is 1.29 bits per heavy atom. The number of hydrogen-bond donors (Lipinski definition) is 1. The molecule has 96 valence electrons. The summed E-state index contributed by atoms with van der Waals surface area (Å²) in [6, 6.07) is 0.320. The summed E-state index contributed by atoms with van der Waals surface area (Å²) in [6.45, 7) is 3.69. The molecule has 1 unspecified atom stereocenters. The molecule has 1 aliphatic heterocycles. The van der Waals surface area contributed by atoms with Gasteiger partial charge in [-0.25, -0.2) is 0 Å². The first-order valence-corrected chi connectivity index (χ1v) is 6.79. The van der Waals surface area contributed by atoms with Gasteiger partial charge in [0.05, 0.1) is 0 Å². The van der Waals surface area contributed by atoms with Crippen molar-refractivity contribution >= 4 is 11.8 Å². The third-order valence-electron chi connectivity index (χ3n) is 3.61. The zero-order chi connectivity index (χ0) is 12.3. The van der Waals surface area contributed by atoms with Gasteiger partial charge in [0.2, 0.25) is 11.8 Å². The van der Waals surface area contributed by atoms with Gasteiger partial charge in [0, 0.05) is 25.4 Å². The number of imide groups is 1. The Morgan fingerprint density at radius 2 is 1.94 bits per heavy atom. The highest BCUT2D eigenvalue weighted by Gasteiger charge is 2.35. The standard InChI is InChI=1S/C13H22N2O2/c1-2-8-14-11(10-6-7-10)9-15-12(16)4-3-5-13(15)17/h10-11,14H,2-9H2,1H3. The summed E-state index contributed by atoms with van der Waals surface area (Å²) < 4.78 is 0. The molecule has 1 saturated carbocycles. The fourth-order valence-electron chi connectivity index (χ4n) is 2.41. The van der Waals surface area contributed by atoms with Crippen LogP contribution in [0.2, 0.25) is 0 Å². The van der Waals surface area contributed by atoms with Gasteiger partial charge in [0.1, 0.15) is 0 Å². The van der Waals surface area contributed by atoms with Crippen LogP contribution in [0.1, 0.15) is 45.4 Å². The lowest BCUT2D eigenvalue weighted by Crippen LogP contribution is -2.49. The number of likely N-dealkylation sites (tertiary alicyclic amines) is 1. The van der Waals surface area contributed by atoms with Crippen LogP contribution in [0.25, 0.3) is 0 Å². The van der Waals surface area contributed by atoms with Crippen molar-refractivity contribution in [3.8, 4) is 0 Å². The fourth-order valence-corrected chi connectivity index (χ4v) is 2.41. The average molecular weight is 238 g/mol. The summed E-state index contributed by atoms with van der Waals surface area (Å²) in [4.78, 5) is 24.9. The van der Waals surface area contributed by atoms with Crippen LogP contribution in [0.3, 0.4) is 0 Å².